The van der Waals surface area contributed by atoms with Crippen molar-refractivity contribution in [2.75, 3.05) is 13.1 Å². The summed E-state index contributed by atoms with van der Waals surface area (Å²) in [4.78, 5) is 12.4. The molecule has 0 saturated heterocycles. The summed E-state index contributed by atoms with van der Waals surface area (Å²) in [6.07, 6.45) is 0.644. The van der Waals surface area contributed by atoms with Crippen LogP contribution in [-0.2, 0) is 6.42 Å². The van der Waals surface area contributed by atoms with Crippen molar-refractivity contribution >= 4 is 17.5 Å². The number of hydrogen-bond donors (Lipinski definition) is 2. The summed E-state index contributed by atoms with van der Waals surface area (Å²) in [6, 6.07) is 7.52. The van der Waals surface area contributed by atoms with Crippen molar-refractivity contribution in [2.24, 2.45) is 0 Å². The second-order valence-corrected chi connectivity index (χ2v) is 5.74. The monoisotopic (exact) mass is 335 g/mol. The molecule has 1 aromatic heterocycles. The van der Waals surface area contributed by atoms with E-state index in [1.54, 1.807) is 16.8 Å². The molecule has 2 aromatic rings. The lowest BCUT2D eigenvalue weighted by Crippen LogP contribution is -2.39. The Labute approximate surface area is 141 Å². The highest BCUT2D eigenvalue weighted by Crippen LogP contribution is 2.17. The molecule has 0 saturated carbocycles. The van der Waals surface area contributed by atoms with E-state index < -0.39 is 0 Å². The number of likely N-dealkylation sites (N-methyl/N-ethyl adjacent to an activating group) is 1. The number of nitrogens with one attached hydrogen (secondary N) is 2. The first-order valence-electron chi connectivity index (χ1n) is 7.78. The van der Waals surface area contributed by atoms with Gasteiger partial charge in [0.15, 0.2) is 5.69 Å². The number of rotatable bonds is 7. The minimum Gasteiger partial charge on any atom is -0.349 e. The largest absolute Gasteiger partial charge is 0.349 e. The molecule has 2 N–H and O–H groups in total. The van der Waals surface area contributed by atoms with Gasteiger partial charge in [-0.2, -0.15) is 0 Å². The van der Waals surface area contributed by atoms with Crippen molar-refractivity contribution in [1.82, 2.24) is 25.6 Å². The fourth-order valence-electron chi connectivity index (χ4n) is 2.36. The van der Waals surface area contributed by atoms with E-state index in [9.17, 15) is 4.79 Å². The molecule has 0 unspecified atom stereocenters. The summed E-state index contributed by atoms with van der Waals surface area (Å²) < 4.78 is 1.66. The Bertz CT molecular complexity index is 670. The van der Waals surface area contributed by atoms with Gasteiger partial charge in [-0.3, -0.25) is 4.79 Å². The lowest BCUT2D eigenvalue weighted by atomic mass is 10.2. The number of hydrogen-bond acceptors (Lipinski definition) is 4. The zero-order valence-corrected chi connectivity index (χ0v) is 14.4. The number of aromatic nitrogens is 3. The van der Waals surface area contributed by atoms with Crippen LogP contribution in [0.25, 0.3) is 5.69 Å². The topological polar surface area (TPSA) is 71.8 Å². The second kappa shape index (κ2) is 8.08. The van der Waals surface area contributed by atoms with Crippen LogP contribution in [0.5, 0.6) is 0 Å². The molecule has 2 rings (SSSR count). The maximum atomic E-state index is 12.4. The zero-order chi connectivity index (χ0) is 16.8. The quantitative estimate of drug-likeness (QED) is 0.813. The lowest BCUT2D eigenvalue weighted by molar-refractivity contribution is 0.0944. The predicted molar refractivity (Wildman–Crippen MR) is 91.2 cm³/mol. The molecule has 0 spiro atoms. The third-order valence-corrected chi connectivity index (χ3v) is 3.72. The summed E-state index contributed by atoms with van der Waals surface area (Å²) in [5, 5.41) is 14.9. The summed E-state index contributed by atoms with van der Waals surface area (Å²) in [7, 11) is 0. The molecule has 0 fully saturated rings. The third kappa shape index (κ3) is 4.30. The molecule has 1 atom stereocenters. The lowest BCUT2D eigenvalue weighted by Gasteiger charge is -2.13. The Morgan fingerprint density at radius 3 is 2.83 bits per heavy atom. The molecule has 6 nitrogen and oxygen atoms in total. The second-order valence-electron chi connectivity index (χ2n) is 5.30. The van der Waals surface area contributed by atoms with Crippen LogP contribution in [0.1, 0.15) is 37.0 Å². The van der Waals surface area contributed by atoms with Crippen LogP contribution < -0.4 is 10.6 Å². The number of carbonyl (C=O) groups is 1. The highest BCUT2D eigenvalue weighted by Gasteiger charge is 2.19. The van der Waals surface area contributed by atoms with Crippen molar-refractivity contribution in [3.63, 3.8) is 0 Å². The predicted octanol–water partition coefficient (Wildman–Crippen LogP) is 2.21. The molecular weight excluding hydrogens is 314 g/mol. The maximum absolute atomic E-state index is 12.4. The fraction of sp³-hybridized carbons (Fsp3) is 0.438. The van der Waals surface area contributed by atoms with Gasteiger partial charge in [0.05, 0.1) is 11.4 Å². The van der Waals surface area contributed by atoms with Crippen molar-refractivity contribution in [2.45, 2.75) is 33.2 Å². The minimum absolute atomic E-state index is 0.206. The Morgan fingerprint density at radius 2 is 2.17 bits per heavy atom. The molecule has 23 heavy (non-hydrogen) atoms. The van der Waals surface area contributed by atoms with Crippen molar-refractivity contribution < 1.29 is 4.79 Å². The Hall–Kier alpha value is -1.92. The Kier molecular flexibility index (Phi) is 6.12. The smallest absolute Gasteiger partial charge is 0.273 e. The normalized spacial score (nSPS) is 12.2. The highest BCUT2D eigenvalue weighted by molar-refractivity contribution is 6.30. The van der Waals surface area contributed by atoms with Gasteiger partial charge in [-0.15, -0.1) is 5.10 Å². The first-order chi connectivity index (χ1) is 11.1. The molecule has 0 aliphatic heterocycles. The molecule has 1 amide bonds. The van der Waals surface area contributed by atoms with Gasteiger partial charge in [0, 0.05) is 17.6 Å². The van der Waals surface area contributed by atoms with Crippen molar-refractivity contribution in [3.05, 3.63) is 40.7 Å². The van der Waals surface area contributed by atoms with Crippen LogP contribution in [0.3, 0.4) is 0 Å². The minimum atomic E-state index is -0.208. The number of nitrogens with zero attached hydrogens (tertiary/aromatic N) is 3. The van der Waals surface area contributed by atoms with Crippen molar-refractivity contribution in [1.29, 1.82) is 0 Å². The van der Waals surface area contributed by atoms with Crippen LogP contribution in [0.2, 0.25) is 5.02 Å². The number of benzene rings is 1. The van der Waals surface area contributed by atoms with E-state index in [0.29, 0.717) is 23.7 Å². The highest BCUT2D eigenvalue weighted by atomic mass is 35.5. The van der Waals surface area contributed by atoms with Gasteiger partial charge in [0.1, 0.15) is 0 Å². The molecule has 124 valence electrons. The molecule has 0 aliphatic carbocycles. The molecule has 0 bridgehead atoms. The zero-order valence-electron chi connectivity index (χ0n) is 13.6. The van der Waals surface area contributed by atoms with Gasteiger partial charge >= 0.3 is 0 Å². The SMILES string of the molecule is CCN[C@H](C)CNC(=O)c1nnn(-c2cccc(Cl)c2)c1CC. The molecule has 7 heteroatoms. The molecule has 1 heterocycles. The van der Waals surface area contributed by atoms with Crippen LogP contribution in [0.15, 0.2) is 24.3 Å². The Balaban J connectivity index is 2.19. The third-order valence-electron chi connectivity index (χ3n) is 3.49. The summed E-state index contributed by atoms with van der Waals surface area (Å²) in [5.74, 6) is -0.208. The van der Waals surface area contributed by atoms with E-state index in [4.69, 9.17) is 11.6 Å². The van der Waals surface area contributed by atoms with Gasteiger partial charge in [-0.25, -0.2) is 4.68 Å². The van der Waals surface area contributed by atoms with Crippen molar-refractivity contribution in [3.8, 4) is 5.69 Å². The van der Waals surface area contributed by atoms with Gasteiger partial charge < -0.3 is 10.6 Å². The first-order valence-corrected chi connectivity index (χ1v) is 8.16. The standard InChI is InChI=1S/C16H22ClN5O/c1-4-14-15(16(23)19-10-11(3)18-5-2)20-21-22(14)13-8-6-7-12(17)9-13/h6-9,11,18H,4-5,10H2,1-3H3,(H,19,23)/t11-/m1/s1. The van der Waals surface area contributed by atoms with Crippen LogP contribution >= 0.6 is 11.6 Å². The number of halogens is 1. The average molecular weight is 336 g/mol. The molecule has 0 aliphatic rings. The van der Waals surface area contributed by atoms with E-state index >= 15 is 0 Å². The van der Waals surface area contributed by atoms with Gasteiger partial charge in [0.25, 0.3) is 5.91 Å². The fourth-order valence-corrected chi connectivity index (χ4v) is 2.55. The van der Waals surface area contributed by atoms with E-state index in [2.05, 4.69) is 20.9 Å². The van der Waals surface area contributed by atoms with Gasteiger partial charge in [-0.05, 0) is 38.1 Å². The van der Waals surface area contributed by atoms with Crippen LogP contribution in [-0.4, -0.2) is 40.0 Å². The number of amides is 1. The average Bonchev–Trinajstić information content (AvgIpc) is 2.97. The number of carbonyl (C=O) groups excluding carboxylic acids is 1. The van der Waals surface area contributed by atoms with E-state index in [-0.39, 0.29) is 11.9 Å². The summed E-state index contributed by atoms with van der Waals surface area (Å²) in [6.45, 7) is 7.43. The van der Waals surface area contributed by atoms with Crippen LogP contribution in [0, 0.1) is 0 Å². The molecule has 1 aromatic carbocycles. The Morgan fingerprint density at radius 1 is 1.39 bits per heavy atom. The first kappa shape index (κ1) is 17.4. The van der Waals surface area contributed by atoms with Gasteiger partial charge in [-0.1, -0.05) is 36.7 Å². The maximum Gasteiger partial charge on any atom is 0.273 e. The van der Waals surface area contributed by atoms with E-state index in [0.717, 1.165) is 17.9 Å². The summed E-state index contributed by atoms with van der Waals surface area (Å²) in [5.41, 5.74) is 1.92. The summed E-state index contributed by atoms with van der Waals surface area (Å²) >= 11 is 6.03. The molecular formula is C16H22ClN5O. The van der Waals surface area contributed by atoms with E-state index in [1.165, 1.54) is 0 Å². The van der Waals surface area contributed by atoms with E-state index in [1.807, 2.05) is 32.9 Å². The van der Waals surface area contributed by atoms with Crippen LogP contribution in [0.4, 0.5) is 0 Å². The molecule has 0 radical (unpaired) electrons. The van der Waals surface area contributed by atoms with Gasteiger partial charge in [0.2, 0.25) is 0 Å².